The van der Waals surface area contributed by atoms with Crippen LogP contribution in [0.5, 0.6) is 0 Å². The van der Waals surface area contributed by atoms with Gasteiger partial charge < -0.3 is 10.0 Å². The number of fused-ring (bicyclic) bond motifs is 1. The first-order valence-corrected chi connectivity index (χ1v) is 5.05. The third-order valence-electron chi connectivity index (χ3n) is 3.43. The van der Waals surface area contributed by atoms with Crippen LogP contribution in [-0.4, -0.2) is 40.3 Å². The molecule has 1 aliphatic carbocycles. The van der Waals surface area contributed by atoms with Crippen LogP contribution in [0.4, 0.5) is 0 Å². The Hall–Kier alpha value is -1.39. The third-order valence-corrected chi connectivity index (χ3v) is 3.43. The highest BCUT2D eigenvalue weighted by Gasteiger charge is 2.54. The minimum Gasteiger partial charge on any atom is -0.481 e. The molecule has 0 radical (unpaired) electrons. The number of Topliss-reactive ketones (excluding diaryl/α,β-unsaturated/α-hetero) is 1. The van der Waals surface area contributed by atoms with Crippen LogP contribution in [0.3, 0.4) is 0 Å². The molecule has 15 heavy (non-hydrogen) atoms. The van der Waals surface area contributed by atoms with Crippen molar-refractivity contribution in [2.75, 3.05) is 6.54 Å². The van der Waals surface area contributed by atoms with Crippen molar-refractivity contribution in [1.29, 1.82) is 0 Å². The van der Waals surface area contributed by atoms with E-state index in [2.05, 4.69) is 0 Å². The number of likely N-dealkylation sites (tertiary alicyclic amines) is 1. The second kappa shape index (κ2) is 3.32. The Morgan fingerprint density at radius 3 is 2.67 bits per heavy atom. The summed E-state index contributed by atoms with van der Waals surface area (Å²) in [7, 11) is 0. The Balaban J connectivity index is 2.19. The Morgan fingerprint density at radius 2 is 2.13 bits per heavy atom. The number of ketones is 1. The highest BCUT2D eigenvalue weighted by atomic mass is 16.4. The van der Waals surface area contributed by atoms with E-state index >= 15 is 0 Å². The smallest absolute Gasteiger partial charge is 0.308 e. The van der Waals surface area contributed by atoms with E-state index in [1.807, 2.05) is 0 Å². The van der Waals surface area contributed by atoms with Crippen molar-refractivity contribution in [3.8, 4) is 0 Å². The lowest BCUT2D eigenvalue weighted by Gasteiger charge is -2.50. The second-order valence-electron chi connectivity index (χ2n) is 4.21. The van der Waals surface area contributed by atoms with E-state index in [1.54, 1.807) is 0 Å². The van der Waals surface area contributed by atoms with E-state index in [4.69, 9.17) is 5.11 Å². The lowest BCUT2D eigenvalue weighted by atomic mass is 9.64. The molecule has 5 heteroatoms. The van der Waals surface area contributed by atoms with Crippen LogP contribution in [0, 0.1) is 11.8 Å². The monoisotopic (exact) mass is 211 g/mol. The Labute approximate surface area is 87.1 Å². The van der Waals surface area contributed by atoms with Crippen LogP contribution in [-0.2, 0) is 14.4 Å². The molecule has 0 aromatic rings. The number of hydrogen-bond acceptors (Lipinski definition) is 3. The molecular formula is C10H13NO4. The second-order valence-corrected chi connectivity index (χ2v) is 4.21. The fourth-order valence-corrected chi connectivity index (χ4v) is 2.57. The zero-order valence-corrected chi connectivity index (χ0v) is 8.47. The zero-order valence-electron chi connectivity index (χ0n) is 8.47. The molecule has 1 saturated heterocycles. The average molecular weight is 211 g/mol. The maximum atomic E-state index is 11.5. The topological polar surface area (TPSA) is 74.7 Å². The molecule has 82 valence electrons. The van der Waals surface area contributed by atoms with Crippen molar-refractivity contribution in [3.63, 3.8) is 0 Å². The van der Waals surface area contributed by atoms with Gasteiger partial charge in [-0.3, -0.25) is 14.4 Å². The van der Waals surface area contributed by atoms with Crippen LogP contribution < -0.4 is 0 Å². The van der Waals surface area contributed by atoms with Gasteiger partial charge in [0.15, 0.2) is 0 Å². The normalized spacial score (nSPS) is 34.3. The number of hydrogen-bond donors (Lipinski definition) is 1. The predicted octanol–water partition coefficient (Wildman–Crippen LogP) is -0.103. The summed E-state index contributed by atoms with van der Waals surface area (Å²) in [6.45, 7) is 1.79. The summed E-state index contributed by atoms with van der Waals surface area (Å²) in [4.78, 5) is 35.1. The largest absolute Gasteiger partial charge is 0.481 e. The van der Waals surface area contributed by atoms with E-state index in [1.165, 1.54) is 11.8 Å². The molecule has 3 atom stereocenters. The summed E-state index contributed by atoms with van der Waals surface area (Å²) in [5, 5.41) is 8.91. The molecule has 2 rings (SSSR count). The van der Waals surface area contributed by atoms with E-state index < -0.39 is 11.9 Å². The Kier molecular flexibility index (Phi) is 2.25. The van der Waals surface area contributed by atoms with Gasteiger partial charge in [0.1, 0.15) is 5.78 Å². The Morgan fingerprint density at radius 1 is 1.47 bits per heavy atom. The molecule has 5 nitrogen and oxygen atoms in total. The summed E-state index contributed by atoms with van der Waals surface area (Å²) in [6.07, 6.45) is 0.760. The maximum absolute atomic E-state index is 11.5. The van der Waals surface area contributed by atoms with Crippen molar-refractivity contribution < 1.29 is 19.5 Å². The molecule has 0 aromatic carbocycles. The van der Waals surface area contributed by atoms with Gasteiger partial charge >= 0.3 is 5.97 Å². The molecule has 1 amide bonds. The first kappa shape index (κ1) is 10.1. The molecule has 1 saturated carbocycles. The van der Waals surface area contributed by atoms with Crippen molar-refractivity contribution in [3.05, 3.63) is 0 Å². The fraction of sp³-hybridized carbons (Fsp3) is 0.700. The van der Waals surface area contributed by atoms with Crippen LogP contribution in [0.2, 0.25) is 0 Å². The average Bonchev–Trinajstić information content (AvgIpc) is 2.07. The SMILES string of the molecule is CC(=O)N1CCC(=O)C2CC(C(=O)O)C21. The van der Waals surface area contributed by atoms with E-state index in [0.29, 0.717) is 19.4 Å². The first-order chi connectivity index (χ1) is 7.02. The predicted molar refractivity (Wildman–Crippen MR) is 50.0 cm³/mol. The van der Waals surface area contributed by atoms with E-state index in [9.17, 15) is 14.4 Å². The lowest BCUT2D eigenvalue weighted by Crippen LogP contribution is -2.63. The molecule has 0 spiro atoms. The number of nitrogens with zero attached hydrogens (tertiary/aromatic N) is 1. The summed E-state index contributed by atoms with van der Waals surface area (Å²) in [6, 6.07) is -0.388. The molecular weight excluding hydrogens is 198 g/mol. The van der Waals surface area contributed by atoms with E-state index in [-0.39, 0.29) is 23.7 Å². The van der Waals surface area contributed by atoms with Crippen LogP contribution in [0.1, 0.15) is 19.8 Å². The third kappa shape index (κ3) is 1.42. The van der Waals surface area contributed by atoms with Crippen molar-refractivity contribution in [2.24, 2.45) is 11.8 Å². The lowest BCUT2D eigenvalue weighted by molar-refractivity contribution is -0.164. The molecule has 2 fully saturated rings. The van der Waals surface area contributed by atoms with Crippen molar-refractivity contribution >= 4 is 17.7 Å². The highest BCUT2D eigenvalue weighted by Crippen LogP contribution is 2.42. The summed E-state index contributed by atoms with van der Waals surface area (Å²) in [5.74, 6) is -1.72. The van der Waals surface area contributed by atoms with Gasteiger partial charge in [-0.05, 0) is 6.42 Å². The van der Waals surface area contributed by atoms with Crippen LogP contribution in [0.25, 0.3) is 0 Å². The number of carboxylic acid groups (broad SMARTS) is 1. The minimum atomic E-state index is -0.905. The van der Waals surface area contributed by atoms with Gasteiger partial charge in [0.05, 0.1) is 12.0 Å². The summed E-state index contributed by atoms with van der Waals surface area (Å²) in [5.41, 5.74) is 0. The van der Waals surface area contributed by atoms with Crippen LogP contribution >= 0.6 is 0 Å². The summed E-state index contributed by atoms with van der Waals surface area (Å²) >= 11 is 0. The molecule has 3 unspecified atom stereocenters. The van der Waals surface area contributed by atoms with Gasteiger partial charge in [-0.15, -0.1) is 0 Å². The Bertz CT molecular complexity index is 334. The highest BCUT2D eigenvalue weighted by molar-refractivity contribution is 5.89. The number of rotatable bonds is 1. The van der Waals surface area contributed by atoms with Crippen molar-refractivity contribution in [1.82, 2.24) is 4.90 Å². The van der Waals surface area contributed by atoms with Gasteiger partial charge in [0.2, 0.25) is 5.91 Å². The molecule has 1 N–H and O–H groups in total. The molecule has 1 heterocycles. The van der Waals surface area contributed by atoms with Crippen LogP contribution in [0.15, 0.2) is 0 Å². The molecule has 2 aliphatic rings. The molecule has 1 aliphatic heterocycles. The number of piperidine rings is 1. The number of aliphatic carboxylic acids is 1. The van der Waals surface area contributed by atoms with Gasteiger partial charge in [-0.25, -0.2) is 0 Å². The minimum absolute atomic E-state index is 0.106. The van der Waals surface area contributed by atoms with E-state index in [0.717, 1.165) is 0 Å². The number of carbonyl (C=O) groups is 3. The first-order valence-electron chi connectivity index (χ1n) is 5.05. The van der Waals surface area contributed by atoms with Gasteiger partial charge in [0.25, 0.3) is 0 Å². The number of amides is 1. The van der Waals surface area contributed by atoms with Gasteiger partial charge in [-0.1, -0.05) is 0 Å². The number of carboxylic acids is 1. The maximum Gasteiger partial charge on any atom is 0.308 e. The quantitative estimate of drug-likeness (QED) is 0.657. The standard InChI is InChI=1S/C10H13NO4/c1-5(12)11-3-2-8(13)6-4-7(9(6)11)10(14)15/h6-7,9H,2-4H2,1H3,(H,14,15). The summed E-state index contributed by atoms with van der Waals surface area (Å²) < 4.78 is 0. The zero-order chi connectivity index (χ0) is 11.2. The van der Waals surface area contributed by atoms with Crippen molar-refractivity contribution in [2.45, 2.75) is 25.8 Å². The molecule has 0 bridgehead atoms. The van der Waals surface area contributed by atoms with Gasteiger partial charge in [-0.2, -0.15) is 0 Å². The van der Waals surface area contributed by atoms with Gasteiger partial charge in [0, 0.05) is 25.8 Å². The molecule has 0 aromatic heterocycles. The number of carbonyl (C=O) groups excluding carboxylic acids is 2. The fourth-order valence-electron chi connectivity index (χ4n) is 2.57.